The molecule has 3 rings (SSSR count). The van der Waals surface area contributed by atoms with E-state index >= 15 is 0 Å². The van der Waals surface area contributed by atoms with E-state index in [1.165, 1.54) is 0 Å². The molecule has 0 bridgehead atoms. The maximum absolute atomic E-state index is 12.5. The second-order valence-corrected chi connectivity index (χ2v) is 9.90. The molecule has 0 spiro atoms. The molecule has 0 saturated carbocycles. The van der Waals surface area contributed by atoms with Crippen molar-refractivity contribution in [1.29, 1.82) is 0 Å². The highest BCUT2D eigenvalue weighted by Crippen LogP contribution is 2.25. The van der Waals surface area contributed by atoms with Crippen molar-refractivity contribution >= 4 is 50.4 Å². The lowest BCUT2D eigenvalue weighted by molar-refractivity contribution is 0.102. The van der Waals surface area contributed by atoms with Crippen molar-refractivity contribution in [2.75, 3.05) is 16.3 Å². The number of anilines is 2. The first-order chi connectivity index (χ1) is 13.3. The molecule has 9 heteroatoms. The number of para-hydroxylation sites is 2. The van der Waals surface area contributed by atoms with Gasteiger partial charge in [-0.15, -0.1) is 23.1 Å². The smallest absolute Gasteiger partial charge is 0.255 e. The highest BCUT2D eigenvalue weighted by atomic mass is 32.2. The largest absolute Gasteiger partial charge is 0.320 e. The van der Waals surface area contributed by atoms with Crippen LogP contribution in [0.1, 0.15) is 21.1 Å². The molecule has 0 saturated heterocycles. The molecule has 2 N–H and O–H groups in total. The van der Waals surface area contributed by atoms with E-state index in [1.54, 1.807) is 59.5 Å². The standard InChI is InChI=1S/C19H19N3O3S3/c1-13-20-15(11-26-13)12-27-16-9-7-14(8-10-16)19(23)21-17-5-3-4-6-18(17)22-28(2,24)25/h3-11,22H,12H2,1-2H3,(H,21,23). The molecule has 0 aliphatic rings. The molecular weight excluding hydrogens is 414 g/mol. The van der Waals surface area contributed by atoms with Gasteiger partial charge in [0.1, 0.15) is 0 Å². The van der Waals surface area contributed by atoms with Crippen LogP contribution >= 0.6 is 23.1 Å². The van der Waals surface area contributed by atoms with Gasteiger partial charge >= 0.3 is 0 Å². The number of carbonyl (C=O) groups is 1. The predicted molar refractivity (Wildman–Crippen MR) is 116 cm³/mol. The Morgan fingerprint density at radius 1 is 1.11 bits per heavy atom. The summed E-state index contributed by atoms with van der Waals surface area (Å²) in [4.78, 5) is 18.0. The van der Waals surface area contributed by atoms with E-state index in [1.807, 2.05) is 24.4 Å². The molecule has 0 aliphatic heterocycles. The summed E-state index contributed by atoms with van der Waals surface area (Å²) in [5.41, 5.74) is 2.26. The van der Waals surface area contributed by atoms with Gasteiger partial charge in [0.25, 0.3) is 5.91 Å². The fourth-order valence-electron chi connectivity index (χ4n) is 2.41. The minimum atomic E-state index is -3.44. The molecule has 3 aromatic rings. The molecule has 28 heavy (non-hydrogen) atoms. The normalized spacial score (nSPS) is 11.2. The minimum Gasteiger partial charge on any atom is -0.320 e. The zero-order valence-electron chi connectivity index (χ0n) is 15.3. The Kier molecular flexibility index (Phi) is 6.38. The average molecular weight is 434 g/mol. The number of aryl methyl sites for hydroxylation is 1. The van der Waals surface area contributed by atoms with E-state index in [0.717, 1.165) is 27.6 Å². The SMILES string of the molecule is Cc1nc(CSc2ccc(C(=O)Nc3ccccc3NS(C)(=O)=O)cc2)cs1. The number of nitrogens with one attached hydrogen (secondary N) is 2. The molecule has 0 atom stereocenters. The third kappa shape index (κ3) is 5.82. The van der Waals surface area contributed by atoms with E-state index in [0.29, 0.717) is 16.9 Å². The summed E-state index contributed by atoms with van der Waals surface area (Å²) in [6.07, 6.45) is 1.06. The van der Waals surface area contributed by atoms with Gasteiger partial charge in [-0.2, -0.15) is 0 Å². The number of sulfonamides is 1. The van der Waals surface area contributed by atoms with Crippen LogP contribution in [0.15, 0.2) is 58.8 Å². The quantitative estimate of drug-likeness (QED) is 0.540. The first-order valence-corrected chi connectivity index (χ1v) is 12.1. The van der Waals surface area contributed by atoms with Crippen LogP contribution in [0.25, 0.3) is 0 Å². The lowest BCUT2D eigenvalue weighted by atomic mass is 10.2. The topological polar surface area (TPSA) is 88.2 Å². The fourth-order valence-corrected chi connectivity index (χ4v) is 4.50. The van der Waals surface area contributed by atoms with Gasteiger partial charge in [-0.3, -0.25) is 9.52 Å². The van der Waals surface area contributed by atoms with Gasteiger partial charge in [-0.1, -0.05) is 12.1 Å². The number of benzene rings is 2. The van der Waals surface area contributed by atoms with Crippen molar-refractivity contribution in [1.82, 2.24) is 4.98 Å². The van der Waals surface area contributed by atoms with Crippen LogP contribution in [-0.2, 0) is 15.8 Å². The number of amides is 1. The molecule has 1 heterocycles. The molecule has 1 aromatic heterocycles. The summed E-state index contributed by atoms with van der Waals surface area (Å²) in [6, 6.07) is 13.9. The third-order valence-corrected chi connectivity index (χ3v) is 6.10. The second-order valence-electron chi connectivity index (χ2n) is 6.04. The number of thioether (sulfide) groups is 1. The number of hydrogen-bond acceptors (Lipinski definition) is 6. The van der Waals surface area contributed by atoms with Crippen molar-refractivity contribution in [2.45, 2.75) is 17.6 Å². The van der Waals surface area contributed by atoms with E-state index in [4.69, 9.17) is 0 Å². The molecule has 6 nitrogen and oxygen atoms in total. The van der Waals surface area contributed by atoms with Crippen LogP contribution in [0.2, 0.25) is 0 Å². The first kappa shape index (κ1) is 20.4. The van der Waals surface area contributed by atoms with Crippen LogP contribution in [-0.4, -0.2) is 25.6 Å². The average Bonchev–Trinajstić information content (AvgIpc) is 3.06. The monoisotopic (exact) mass is 433 g/mol. The van der Waals surface area contributed by atoms with E-state index in [-0.39, 0.29) is 5.91 Å². The Morgan fingerprint density at radius 2 is 1.79 bits per heavy atom. The predicted octanol–water partition coefficient (Wildman–Crippen LogP) is 4.37. The highest BCUT2D eigenvalue weighted by molar-refractivity contribution is 7.98. The Hall–Kier alpha value is -2.36. The third-order valence-electron chi connectivity index (χ3n) is 3.64. The van der Waals surface area contributed by atoms with Gasteiger partial charge in [-0.25, -0.2) is 13.4 Å². The maximum atomic E-state index is 12.5. The van der Waals surface area contributed by atoms with Crippen LogP contribution in [0.3, 0.4) is 0 Å². The Labute approximate surface area is 172 Å². The van der Waals surface area contributed by atoms with Crippen molar-refractivity contribution in [2.24, 2.45) is 0 Å². The van der Waals surface area contributed by atoms with Gasteiger partial charge in [-0.05, 0) is 43.3 Å². The van der Waals surface area contributed by atoms with Crippen LogP contribution in [0, 0.1) is 6.92 Å². The van der Waals surface area contributed by atoms with Crippen LogP contribution in [0.5, 0.6) is 0 Å². The van der Waals surface area contributed by atoms with Crippen LogP contribution < -0.4 is 10.0 Å². The Bertz CT molecular complexity index is 1080. The lowest BCUT2D eigenvalue weighted by Crippen LogP contribution is -2.16. The lowest BCUT2D eigenvalue weighted by Gasteiger charge is -2.12. The fraction of sp³-hybridized carbons (Fsp3) is 0.158. The zero-order valence-corrected chi connectivity index (χ0v) is 17.7. The van der Waals surface area contributed by atoms with Crippen molar-refractivity contribution in [3.8, 4) is 0 Å². The van der Waals surface area contributed by atoms with Crippen LogP contribution in [0.4, 0.5) is 11.4 Å². The molecule has 0 aliphatic carbocycles. The summed E-state index contributed by atoms with van der Waals surface area (Å²) in [5.74, 6) is 0.467. The summed E-state index contributed by atoms with van der Waals surface area (Å²) in [6.45, 7) is 1.98. The molecular formula is C19H19N3O3S3. The molecule has 146 valence electrons. The number of rotatable bonds is 7. The number of nitrogens with zero attached hydrogens (tertiary/aromatic N) is 1. The minimum absolute atomic E-state index is 0.311. The van der Waals surface area contributed by atoms with Gasteiger partial charge in [0.15, 0.2) is 0 Å². The molecule has 0 unspecified atom stereocenters. The Balaban J connectivity index is 1.65. The molecule has 1 amide bonds. The number of thiazole rings is 1. The number of hydrogen-bond donors (Lipinski definition) is 2. The van der Waals surface area contributed by atoms with Crippen molar-refractivity contribution < 1.29 is 13.2 Å². The van der Waals surface area contributed by atoms with E-state index < -0.39 is 10.0 Å². The highest BCUT2D eigenvalue weighted by Gasteiger charge is 2.11. The second kappa shape index (κ2) is 8.76. The van der Waals surface area contributed by atoms with Gasteiger partial charge in [0, 0.05) is 21.6 Å². The Morgan fingerprint density at radius 3 is 2.39 bits per heavy atom. The van der Waals surface area contributed by atoms with Gasteiger partial charge in [0.2, 0.25) is 10.0 Å². The molecule has 0 radical (unpaired) electrons. The van der Waals surface area contributed by atoms with E-state index in [2.05, 4.69) is 15.0 Å². The summed E-state index contributed by atoms with van der Waals surface area (Å²) in [7, 11) is -3.44. The van der Waals surface area contributed by atoms with Crippen molar-refractivity contribution in [3.63, 3.8) is 0 Å². The van der Waals surface area contributed by atoms with Gasteiger partial charge < -0.3 is 5.32 Å². The summed E-state index contributed by atoms with van der Waals surface area (Å²) < 4.78 is 25.4. The molecule has 2 aromatic carbocycles. The first-order valence-electron chi connectivity index (χ1n) is 8.32. The summed E-state index contributed by atoms with van der Waals surface area (Å²) >= 11 is 3.29. The summed E-state index contributed by atoms with van der Waals surface area (Å²) in [5, 5.41) is 5.85. The number of aromatic nitrogens is 1. The zero-order chi connectivity index (χ0) is 20.1. The molecule has 0 fully saturated rings. The van der Waals surface area contributed by atoms with E-state index in [9.17, 15) is 13.2 Å². The van der Waals surface area contributed by atoms with Crippen molar-refractivity contribution in [3.05, 3.63) is 70.2 Å². The maximum Gasteiger partial charge on any atom is 0.255 e. The van der Waals surface area contributed by atoms with Gasteiger partial charge in [0.05, 0.1) is 28.3 Å². The number of carbonyl (C=O) groups excluding carboxylic acids is 1.